The van der Waals surface area contributed by atoms with E-state index in [9.17, 15) is 4.79 Å². The van der Waals surface area contributed by atoms with Gasteiger partial charge in [0.05, 0.1) is 18.7 Å². The summed E-state index contributed by atoms with van der Waals surface area (Å²) in [7, 11) is 0. The first kappa shape index (κ1) is 23.8. The minimum absolute atomic E-state index is 0.182. The molecule has 1 saturated heterocycles. The summed E-state index contributed by atoms with van der Waals surface area (Å²) < 4.78 is 7.61. The molecule has 2 aromatic heterocycles. The number of ether oxygens (including phenoxy) is 1. The number of hydrogen-bond acceptors (Lipinski definition) is 8. The Hall–Kier alpha value is -2.36. The summed E-state index contributed by atoms with van der Waals surface area (Å²) in [5, 5.41) is 7.01. The fraction of sp³-hybridized carbons (Fsp3) is 0.542. The van der Waals surface area contributed by atoms with Crippen LogP contribution in [-0.2, 0) is 16.1 Å². The largest absolute Gasteiger partial charge is 0.382 e. The van der Waals surface area contributed by atoms with Crippen molar-refractivity contribution in [3.8, 4) is 0 Å². The van der Waals surface area contributed by atoms with Crippen molar-refractivity contribution in [2.45, 2.75) is 32.7 Å². The molecule has 0 atom stereocenters. The van der Waals surface area contributed by atoms with Gasteiger partial charge in [-0.15, -0.1) is 0 Å². The number of nitrogens with two attached hydrogens (primary N) is 1. The highest BCUT2D eigenvalue weighted by Crippen LogP contribution is 2.30. The van der Waals surface area contributed by atoms with Crippen LogP contribution in [0.4, 0.5) is 11.5 Å². The molecular weight excluding hydrogens is 436 g/mol. The van der Waals surface area contributed by atoms with Crippen LogP contribution >= 0.6 is 11.8 Å². The highest BCUT2D eigenvalue weighted by molar-refractivity contribution is 8.13. The third-order valence-electron chi connectivity index (χ3n) is 6.22. The van der Waals surface area contributed by atoms with E-state index in [2.05, 4.69) is 51.2 Å². The summed E-state index contributed by atoms with van der Waals surface area (Å²) in [6, 6.07) is 6.49. The number of nitrogens with zero attached hydrogens (tertiary/aromatic N) is 5. The quantitative estimate of drug-likeness (QED) is 0.451. The van der Waals surface area contributed by atoms with Crippen LogP contribution in [0, 0.1) is 0 Å². The molecule has 1 aliphatic heterocycles. The van der Waals surface area contributed by atoms with Crippen LogP contribution < -0.4 is 10.6 Å². The predicted molar refractivity (Wildman–Crippen MR) is 137 cm³/mol. The Bertz CT molecular complexity index is 1090. The summed E-state index contributed by atoms with van der Waals surface area (Å²) in [5.41, 5.74) is 9.16. The second-order valence-electron chi connectivity index (χ2n) is 8.47. The van der Waals surface area contributed by atoms with Gasteiger partial charge in [-0.05, 0) is 24.8 Å². The Morgan fingerprint density at radius 1 is 1.15 bits per heavy atom. The van der Waals surface area contributed by atoms with Crippen LogP contribution in [0.15, 0.2) is 24.4 Å². The minimum Gasteiger partial charge on any atom is -0.382 e. The van der Waals surface area contributed by atoms with Crippen molar-refractivity contribution in [3.63, 3.8) is 0 Å². The van der Waals surface area contributed by atoms with Crippen LogP contribution in [-0.4, -0.2) is 77.0 Å². The van der Waals surface area contributed by atoms with E-state index in [1.54, 1.807) is 0 Å². The number of hydrogen-bond donors (Lipinski definition) is 1. The van der Waals surface area contributed by atoms with Crippen molar-refractivity contribution in [2.75, 3.05) is 62.8 Å². The van der Waals surface area contributed by atoms with E-state index in [4.69, 9.17) is 10.5 Å². The molecular formula is C24H34N6O2S. The highest BCUT2D eigenvalue weighted by atomic mass is 32.2. The number of fused-ring (bicyclic) bond motifs is 3. The van der Waals surface area contributed by atoms with Crippen LogP contribution in [0.1, 0.15) is 26.2 Å². The normalized spacial score (nSPS) is 15.0. The molecule has 0 aliphatic carbocycles. The lowest BCUT2D eigenvalue weighted by Gasteiger charge is -2.36. The van der Waals surface area contributed by atoms with Gasteiger partial charge in [-0.3, -0.25) is 14.4 Å². The van der Waals surface area contributed by atoms with Gasteiger partial charge >= 0.3 is 0 Å². The van der Waals surface area contributed by atoms with E-state index in [0.29, 0.717) is 25.5 Å². The van der Waals surface area contributed by atoms with Gasteiger partial charge in [-0.25, -0.2) is 4.98 Å². The SMILES string of the molecule is CCCCn1cc2c(n1)c(N)nc1cc(N3CCN(CCOCCC(=O)SC)CC3)ccc12. The lowest BCUT2D eigenvalue weighted by atomic mass is 10.1. The fourth-order valence-corrected chi connectivity index (χ4v) is 4.53. The number of carbonyl (C=O) groups is 1. The zero-order chi connectivity index (χ0) is 23.2. The Kier molecular flexibility index (Phi) is 8.06. The number of pyridine rings is 1. The van der Waals surface area contributed by atoms with Crippen molar-refractivity contribution in [1.82, 2.24) is 19.7 Å². The number of aromatic nitrogens is 3. The molecule has 9 heteroatoms. The minimum atomic E-state index is 0.182. The second-order valence-corrected chi connectivity index (χ2v) is 9.34. The molecule has 33 heavy (non-hydrogen) atoms. The number of benzene rings is 1. The van der Waals surface area contributed by atoms with Crippen LogP contribution in [0.2, 0.25) is 0 Å². The molecule has 178 valence electrons. The fourth-order valence-electron chi connectivity index (χ4n) is 4.24. The van der Waals surface area contributed by atoms with E-state index in [1.807, 2.05) is 10.9 Å². The third kappa shape index (κ3) is 5.77. The Morgan fingerprint density at radius 3 is 2.73 bits per heavy atom. The van der Waals surface area contributed by atoms with Crippen LogP contribution in [0.5, 0.6) is 0 Å². The summed E-state index contributed by atoms with van der Waals surface area (Å²) >= 11 is 1.26. The number of aryl methyl sites for hydroxylation is 1. The topological polar surface area (TPSA) is 89.5 Å². The van der Waals surface area contributed by atoms with Gasteiger partial charge in [-0.2, -0.15) is 5.10 Å². The molecule has 0 spiro atoms. The Labute approximate surface area is 199 Å². The van der Waals surface area contributed by atoms with E-state index in [0.717, 1.165) is 73.9 Å². The van der Waals surface area contributed by atoms with Crippen molar-refractivity contribution in [1.29, 1.82) is 0 Å². The van der Waals surface area contributed by atoms with Crippen molar-refractivity contribution >= 4 is 50.2 Å². The zero-order valence-electron chi connectivity index (χ0n) is 19.6. The Morgan fingerprint density at radius 2 is 1.97 bits per heavy atom. The lowest BCUT2D eigenvalue weighted by molar-refractivity contribution is -0.111. The number of anilines is 2. The molecule has 0 radical (unpaired) electrons. The van der Waals surface area contributed by atoms with Gasteiger partial charge in [0.1, 0.15) is 5.52 Å². The number of piperazine rings is 1. The molecule has 1 aliphatic rings. The third-order valence-corrected chi connectivity index (χ3v) is 6.88. The smallest absolute Gasteiger partial charge is 0.190 e. The van der Waals surface area contributed by atoms with Crippen LogP contribution in [0.3, 0.4) is 0 Å². The maximum Gasteiger partial charge on any atom is 0.190 e. The van der Waals surface area contributed by atoms with Gasteiger partial charge in [0.25, 0.3) is 0 Å². The molecule has 0 unspecified atom stereocenters. The van der Waals surface area contributed by atoms with Gasteiger partial charge in [0.15, 0.2) is 10.9 Å². The molecule has 2 N–H and O–H groups in total. The van der Waals surface area contributed by atoms with Crippen LogP contribution in [0.25, 0.3) is 21.8 Å². The van der Waals surface area contributed by atoms with Crippen molar-refractivity contribution in [2.24, 2.45) is 0 Å². The molecule has 0 saturated carbocycles. The average Bonchev–Trinajstić information content (AvgIpc) is 3.27. The van der Waals surface area contributed by atoms with E-state index in [-0.39, 0.29) is 5.12 Å². The predicted octanol–water partition coefficient (Wildman–Crippen LogP) is 3.39. The van der Waals surface area contributed by atoms with Crippen molar-refractivity contribution < 1.29 is 9.53 Å². The lowest BCUT2D eigenvalue weighted by Crippen LogP contribution is -2.47. The number of carbonyl (C=O) groups excluding carboxylic acids is 1. The van der Waals surface area contributed by atoms with Gasteiger partial charge < -0.3 is 15.4 Å². The monoisotopic (exact) mass is 470 g/mol. The van der Waals surface area contributed by atoms with Gasteiger partial charge in [0, 0.05) is 68.3 Å². The number of thioether (sulfide) groups is 1. The molecule has 1 aromatic carbocycles. The molecule has 0 bridgehead atoms. The second kappa shape index (κ2) is 11.2. The van der Waals surface area contributed by atoms with E-state index >= 15 is 0 Å². The summed E-state index contributed by atoms with van der Waals surface area (Å²) in [6.07, 6.45) is 6.63. The first-order valence-electron chi connectivity index (χ1n) is 11.8. The molecule has 1 fully saturated rings. The van der Waals surface area contributed by atoms with E-state index in [1.165, 1.54) is 17.4 Å². The molecule has 8 nitrogen and oxygen atoms in total. The number of unbranched alkanes of at least 4 members (excludes halogenated alkanes) is 1. The van der Waals surface area contributed by atoms with Gasteiger partial charge in [0.2, 0.25) is 0 Å². The van der Waals surface area contributed by atoms with Gasteiger partial charge in [-0.1, -0.05) is 31.2 Å². The van der Waals surface area contributed by atoms with Crippen molar-refractivity contribution in [3.05, 3.63) is 24.4 Å². The van der Waals surface area contributed by atoms with E-state index < -0.39 is 0 Å². The Balaban J connectivity index is 1.36. The summed E-state index contributed by atoms with van der Waals surface area (Å²) in [5.74, 6) is 0.494. The highest BCUT2D eigenvalue weighted by Gasteiger charge is 2.18. The molecule has 0 amide bonds. The summed E-state index contributed by atoms with van der Waals surface area (Å²) in [4.78, 5) is 20.8. The average molecular weight is 471 g/mol. The standard InChI is InChI=1S/C24H34N6O2S/c1-3-4-8-30-17-20-19-6-5-18(16-21(19)26-24(25)23(20)27-30)29-11-9-28(10-12-29)13-15-32-14-7-22(31)33-2/h5-6,16-17H,3-4,7-15H2,1-2H3,(H2,25,26). The first-order chi connectivity index (χ1) is 16.1. The molecule has 4 rings (SSSR count). The summed E-state index contributed by atoms with van der Waals surface area (Å²) in [6.45, 7) is 9.06. The maximum absolute atomic E-state index is 11.3. The maximum atomic E-state index is 11.3. The first-order valence-corrected chi connectivity index (χ1v) is 13.0. The number of nitrogen functional groups attached to an aromatic ring is 1. The zero-order valence-corrected chi connectivity index (χ0v) is 20.4. The molecule has 3 aromatic rings. The number of rotatable bonds is 10. The molecule has 3 heterocycles.